The summed E-state index contributed by atoms with van der Waals surface area (Å²) in [5, 5.41) is 8.85. The maximum absolute atomic E-state index is 8.85. The smallest absolute Gasteiger partial charge is 0.226 e. The van der Waals surface area contributed by atoms with Crippen LogP contribution < -0.4 is 4.90 Å². The van der Waals surface area contributed by atoms with Gasteiger partial charge < -0.3 is 10.0 Å². The minimum atomic E-state index is -0.0385. The van der Waals surface area contributed by atoms with Gasteiger partial charge in [-0.05, 0) is 6.42 Å². The summed E-state index contributed by atoms with van der Waals surface area (Å²) < 4.78 is 0. The highest BCUT2D eigenvalue weighted by molar-refractivity contribution is 5.31. The molecule has 1 heterocycles. The van der Waals surface area contributed by atoms with Crippen molar-refractivity contribution in [1.29, 1.82) is 0 Å². The SMILES string of the molecule is C#CCN(CCC)c1ncc(CO)cn1. The van der Waals surface area contributed by atoms with Crippen LogP contribution >= 0.6 is 0 Å². The van der Waals surface area contributed by atoms with Crippen LogP contribution in [0.4, 0.5) is 5.95 Å². The summed E-state index contributed by atoms with van der Waals surface area (Å²) in [6.45, 7) is 3.38. The zero-order valence-corrected chi connectivity index (χ0v) is 8.85. The fraction of sp³-hybridized carbons (Fsp3) is 0.455. The van der Waals surface area contributed by atoms with Gasteiger partial charge in [-0.2, -0.15) is 0 Å². The predicted molar refractivity (Wildman–Crippen MR) is 59.3 cm³/mol. The molecule has 4 heteroatoms. The van der Waals surface area contributed by atoms with Gasteiger partial charge in [0.15, 0.2) is 0 Å². The Morgan fingerprint density at radius 3 is 2.60 bits per heavy atom. The van der Waals surface area contributed by atoms with Crippen LogP contribution in [0.3, 0.4) is 0 Å². The Morgan fingerprint density at radius 2 is 2.13 bits per heavy atom. The van der Waals surface area contributed by atoms with Gasteiger partial charge in [-0.25, -0.2) is 9.97 Å². The Hall–Kier alpha value is -1.60. The standard InChI is InChI=1S/C11H15N3O/c1-3-5-14(6-4-2)11-12-7-10(9-15)8-13-11/h1,7-8,15H,4-6,9H2,2H3. The monoisotopic (exact) mass is 205 g/mol. The molecule has 0 bridgehead atoms. The van der Waals surface area contributed by atoms with Crippen molar-refractivity contribution in [1.82, 2.24) is 9.97 Å². The van der Waals surface area contributed by atoms with E-state index in [1.165, 1.54) is 0 Å². The van der Waals surface area contributed by atoms with Crippen molar-refractivity contribution in [2.24, 2.45) is 0 Å². The average Bonchev–Trinajstić information content (AvgIpc) is 2.29. The largest absolute Gasteiger partial charge is 0.392 e. The van der Waals surface area contributed by atoms with Gasteiger partial charge in [0.2, 0.25) is 5.95 Å². The summed E-state index contributed by atoms with van der Waals surface area (Å²) in [5.74, 6) is 3.19. The van der Waals surface area contributed by atoms with Crippen molar-refractivity contribution in [2.45, 2.75) is 20.0 Å². The molecule has 4 nitrogen and oxygen atoms in total. The number of aliphatic hydroxyl groups excluding tert-OH is 1. The van der Waals surface area contributed by atoms with Gasteiger partial charge in [-0.15, -0.1) is 6.42 Å². The van der Waals surface area contributed by atoms with E-state index in [-0.39, 0.29) is 6.61 Å². The molecule has 0 aliphatic rings. The first-order chi connectivity index (χ1) is 7.31. The lowest BCUT2D eigenvalue weighted by atomic mass is 10.3. The van der Waals surface area contributed by atoms with Gasteiger partial charge in [0.25, 0.3) is 0 Å². The number of aromatic nitrogens is 2. The van der Waals surface area contributed by atoms with Crippen molar-refractivity contribution in [3.8, 4) is 12.3 Å². The molecule has 0 aliphatic carbocycles. The van der Waals surface area contributed by atoms with Gasteiger partial charge in [0.1, 0.15) is 0 Å². The number of rotatable bonds is 5. The Balaban J connectivity index is 2.77. The van der Waals surface area contributed by atoms with Crippen LogP contribution in [0.5, 0.6) is 0 Å². The van der Waals surface area contributed by atoms with E-state index in [1.54, 1.807) is 12.4 Å². The van der Waals surface area contributed by atoms with Crippen molar-refractivity contribution >= 4 is 5.95 Å². The maximum Gasteiger partial charge on any atom is 0.226 e. The first-order valence-electron chi connectivity index (χ1n) is 4.92. The molecule has 0 unspecified atom stereocenters. The van der Waals surface area contributed by atoms with E-state index in [2.05, 4.69) is 22.8 Å². The molecule has 0 atom stereocenters. The van der Waals surface area contributed by atoms with E-state index >= 15 is 0 Å². The normalized spacial score (nSPS) is 9.67. The molecule has 1 aromatic heterocycles. The number of aliphatic hydroxyl groups is 1. The molecule has 0 amide bonds. The third-order valence-electron chi connectivity index (χ3n) is 1.93. The quantitative estimate of drug-likeness (QED) is 0.723. The lowest BCUT2D eigenvalue weighted by Gasteiger charge is -2.18. The summed E-state index contributed by atoms with van der Waals surface area (Å²) in [7, 11) is 0. The zero-order chi connectivity index (χ0) is 11.1. The number of terminal acetylenes is 1. The van der Waals surface area contributed by atoms with Crippen LogP contribution in [0.1, 0.15) is 18.9 Å². The Bertz CT molecular complexity index is 329. The van der Waals surface area contributed by atoms with Gasteiger partial charge in [0, 0.05) is 24.5 Å². The van der Waals surface area contributed by atoms with Gasteiger partial charge in [0.05, 0.1) is 13.2 Å². The highest BCUT2D eigenvalue weighted by Crippen LogP contribution is 2.07. The second-order valence-corrected chi connectivity index (χ2v) is 3.18. The van der Waals surface area contributed by atoms with E-state index < -0.39 is 0 Å². The Kier molecular flexibility index (Phi) is 4.58. The third kappa shape index (κ3) is 3.22. The topological polar surface area (TPSA) is 49.2 Å². The van der Waals surface area contributed by atoms with Crippen LogP contribution in [0.15, 0.2) is 12.4 Å². The molecule has 0 aliphatic heterocycles. The summed E-state index contributed by atoms with van der Waals surface area (Å²) in [6.07, 6.45) is 9.48. The van der Waals surface area contributed by atoms with E-state index in [9.17, 15) is 0 Å². The molecule has 0 radical (unpaired) electrons. The average molecular weight is 205 g/mol. The van der Waals surface area contributed by atoms with Gasteiger partial charge in [-0.1, -0.05) is 12.8 Å². The number of hydrogen-bond donors (Lipinski definition) is 1. The summed E-state index contributed by atoms with van der Waals surface area (Å²) in [4.78, 5) is 10.2. The summed E-state index contributed by atoms with van der Waals surface area (Å²) in [6, 6.07) is 0. The molecule has 1 aromatic rings. The number of hydrogen-bond acceptors (Lipinski definition) is 4. The van der Waals surface area contributed by atoms with E-state index in [4.69, 9.17) is 11.5 Å². The molecule has 15 heavy (non-hydrogen) atoms. The van der Waals surface area contributed by atoms with Crippen LogP contribution in [0.25, 0.3) is 0 Å². The molecule has 0 saturated carbocycles. The molecule has 0 saturated heterocycles. The molecular formula is C11H15N3O. The minimum Gasteiger partial charge on any atom is -0.392 e. The number of anilines is 1. The lowest BCUT2D eigenvalue weighted by molar-refractivity contribution is 0.281. The number of nitrogens with zero attached hydrogens (tertiary/aromatic N) is 3. The van der Waals surface area contributed by atoms with Gasteiger partial charge in [-0.3, -0.25) is 0 Å². The summed E-state index contributed by atoms with van der Waals surface area (Å²) in [5.41, 5.74) is 0.705. The van der Waals surface area contributed by atoms with E-state index in [1.807, 2.05) is 4.90 Å². The zero-order valence-electron chi connectivity index (χ0n) is 8.85. The Morgan fingerprint density at radius 1 is 1.47 bits per heavy atom. The molecule has 1 N–H and O–H groups in total. The maximum atomic E-state index is 8.85. The molecule has 80 valence electrons. The first kappa shape index (κ1) is 11.5. The highest BCUT2D eigenvalue weighted by Gasteiger charge is 2.06. The second kappa shape index (κ2) is 5.99. The molecule has 0 spiro atoms. The second-order valence-electron chi connectivity index (χ2n) is 3.18. The molecule has 0 fully saturated rings. The van der Waals surface area contributed by atoms with E-state index in [0.29, 0.717) is 18.1 Å². The van der Waals surface area contributed by atoms with Crippen LogP contribution in [-0.2, 0) is 6.61 Å². The van der Waals surface area contributed by atoms with Gasteiger partial charge >= 0.3 is 0 Å². The van der Waals surface area contributed by atoms with Crippen molar-refractivity contribution in [2.75, 3.05) is 18.0 Å². The predicted octanol–water partition coefficient (Wildman–Crippen LogP) is 0.819. The van der Waals surface area contributed by atoms with Crippen LogP contribution in [-0.4, -0.2) is 28.2 Å². The molecule has 1 rings (SSSR count). The summed E-state index contributed by atoms with van der Waals surface area (Å²) >= 11 is 0. The van der Waals surface area contributed by atoms with Crippen LogP contribution in [0.2, 0.25) is 0 Å². The lowest BCUT2D eigenvalue weighted by Crippen LogP contribution is -2.26. The van der Waals surface area contributed by atoms with Crippen molar-refractivity contribution in [3.63, 3.8) is 0 Å². The third-order valence-corrected chi connectivity index (χ3v) is 1.93. The molecular weight excluding hydrogens is 190 g/mol. The van der Waals surface area contributed by atoms with Crippen molar-refractivity contribution in [3.05, 3.63) is 18.0 Å². The molecule has 0 aromatic carbocycles. The fourth-order valence-corrected chi connectivity index (χ4v) is 1.22. The van der Waals surface area contributed by atoms with Crippen LogP contribution in [0, 0.1) is 12.3 Å². The highest BCUT2D eigenvalue weighted by atomic mass is 16.3. The first-order valence-corrected chi connectivity index (χ1v) is 4.92. The van der Waals surface area contributed by atoms with Crippen molar-refractivity contribution < 1.29 is 5.11 Å². The van der Waals surface area contributed by atoms with E-state index in [0.717, 1.165) is 13.0 Å². The minimum absolute atomic E-state index is 0.0385. The Labute approximate surface area is 90.0 Å². The fourth-order valence-electron chi connectivity index (χ4n) is 1.22.